The van der Waals surface area contributed by atoms with Gasteiger partial charge in [-0.3, -0.25) is 25.0 Å². The number of halogens is 1. The molecule has 1 heterocycles. The zero-order valence-corrected chi connectivity index (χ0v) is 19.7. The summed E-state index contributed by atoms with van der Waals surface area (Å²) in [6, 6.07) is 8.06. The lowest BCUT2D eigenvalue weighted by Gasteiger charge is -2.16. The van der Waals surface area contributed by atoms with Crippen LogP contribution in [0, 0.1) is 17.4 Å². The molecule has 3 N–H and O–H groups in total. The Morgan fingerprint density at radius 1 is 1.09 bits per heavy atom. The third-order valence-electron chi connectivity index (χ3n) is 4.51. The lowest BCUT2D eigenvalue weighted by atomic mass is 10.1. The second kappa shape index (κ2) is 9.81. The molecule has 0 spiro atoms. The molecule has 0 saturated carbocycles. The van der Waals surface area contributed by atoms with E-state index in [0.29, 0.717) is 26.3 Å². The first-order valence-electron chi connectivity index (χ1n) is 9.43. The minimum absolute atomic E-state index is 0.219. The van der Waals surface area contributed by atoms with Crippen molar-refractivity contribution >= 4 is 58.1 Å². The molecule has 0 aliphatic carbocycles. The van der Waals surface area contributed by atoms with Gasteiger partial charge in [-0.15, -0.1) is 0 Å². The molecule has 2 aromatic carbocycles. The number of rotatable bonds is 6. The van der Waals surface area contributed by atoms with Gasteiger partial charge in [-0.25, -0.2) is 4.79 Å². The molecular formula is C22H20IN3O6. The summed E-state index contributed by atoms with van der Waals surface area (Å²) in [5, 5.41) is 6.84. The molecule has 0 unspecified atom stereocenters. The summed E-state index contributed by atoms with van der Waals surface area (Å²) in [4.78, 5) is 47.4. The van der Waals surface area contributed by atoms with Crippen LogP contribution in [0.25, 0.3) is 6.08 Å². The van der Waals surface area contributed by atoms with Crippen molar-refractivity contribution in [2.75, 3.05) is 19.0 Å². The highest BCUT2D eigenvalue weighted by atomic mass is 127. The van der Waals surface area contributed by atoms with Gasteiger partial charge >= 0.3 is 6.03 Å². The SMILES string of the molecule is COc1cc(C=C2C(=O)NC(=O)NC2=O)cc(I)c1OCC(=O)Nc1ccc(C)cc1C. The van der Waals surface area contributed by atoms with Crippen LogP contribution in [0.2, 0.25) is 0 Å². The third kappa shape index (κ3) is 5.44. The standard InChI is InChI=1S/C22H20IN3O6/c1-11-4-5-16(12(2)6-11)24-18(27)10-32-19-15(23)8-13(9-17(19)31-3)7-14-20(28)25-22(30)26-21(14)29/h4-9H,10H2,1-3H3,(H,24,27)(H2,25,26,28,29,30). The van der Waals surface area contributed by atoms with Gasteiger partial charge in [-0.05, 0) is 71.8 Å². The largest absolute Gasteiger partial charge is 0.493 e. The molecule has 0 bridgehead atoms. The number of nitrogens with one attached hydrogen (secondary N) is 3. The molecule has 2 aromatic rings. The Morgan fingerprint density at radius 2 is 1.78 bits per heavy atom. The van der Waals surface area contributed by atoms with E-state index in [4.69, 9.17) is 9.47 Å². The molecule has 10 heteroatoms. The van der Waals surface area contributed by atoms with Crippen LogP contribution in [0.4, 0.5) is 10.5 Å². The number of barbiturate groups is 1. The summed E-state index contributed by atoms with van der Waals surface area (Å²) in [5.74, 6) is -1.26. The molecule has 0 atom stereocenters. The van der Waals surface area contributed by atoms with E-state index in [-0.39, 0.29) is 18.1 Å². The average Bonchev–Trinajstić information content (AvgIpc) is 2.71. The van der Waals surface area contributed by atoms with Crippen LogP contribution in [-0.4, -0.2) is 37.5 Å². The number of imide groups is 2. The van der Waals surface area contributed by atoms with Gasteiger partial charge in [0.1, 0.15) is 5.57 Å². The highest BCUT2D eigenvalue weighted by Gasteiger charge is 2.28. The second-order valence-corrected chi connectivity index (χ2v) is 8.15. The van der Waals surface area contributed by atoms with Crippen molar-refractivity contribution < 1.29 is 28.7 Å². The molecule has 0 radical (unpaired) electrons. The average molecular weight is 549 g/mol. The Balaban J connectivity index is 1.76. The number of benzene rings is 2. The predicted octanol–water partition coefficient (Wildman–Crippen LogP) is 2.68. The fourth-order valence-electron chi connectivity index (χ4n) is 3.01. The number of urea groups is 1. The quantitative estimate of drug-likeness (QED) is 0.290. The van der Waals surface area contributed by atoms with E-state index in [1.807, 2.05) is 65.3 Å². The molecule has 9 nitrogen and oxygen atoms in total. The van der Waals surface area contributed by atoms with Gasteiger partial charge in [0, 0.05) is 5.69 Å². The van der Waals surface area contributed by atoms with Crippen LogP contribution < -0.4 is 25.4 Å². The molecule has 166 valence electrons. The van der Waals surface area contributed by atoms with Gasteiger partial charge in [0.25, 0.3) is 17.7 Å². The van der Waals surface area contributed by atoms with E-state index in [1.165, 1.54) is 13.2 Å². The number of anilines is 1. The van der Waals surface area contributed by atoms with Crippen LogP contribution in [0.1, 0.15) is 16.7 Å². The van der Waals surface area contributed by atoms with Gasteiger partial charge < -0.3 is 14.8 Å². The molecule has 1 fully saturated rings. The van der Waals surface area contributed by atoms with Crippen molar-refractivity contribution in [2.45, 2.75) is 13.8 Å². The second-order valence-electron chi connectivity index (χ2n) is 6.98. The summed E-state index contributed by atoms with van der Waals surface area (Å²) < 4.78 is 11.7. The van der Waals surface area contributed by atoms with E-state index in [0.717, 1.165) is 11.1 Å². The molecule has 32 heavy (non-hydrogen) atoms. The van der Waals surface area contributed by atoms with Gasteiger partial charge in [0.05, 0.1) is 10.7 Å². The Morgan fingerprint density at radius 3 is 2.41 bits per heavy atom. The Hall–Kier alpha value is -3.41. The Kier molecular flexibility index (Phi) is 7.13. The number of hydrogen-bond acceptors (Lipinski definition) is 6. The zero-order chi connectivity index (χ0) is 23.4. The summed E-state index contributed by atoms with van der Waals surface area (Å²) in [7, 11) is 1.43. The molecule has 0 aromatic heterocycles. The fraction of sp³-hybridized carbons (Fsp3) is 0.182. The number of amides is 5. The first-order chi connectivity index (χ1) is 15.2. The molecule has 1 saturated heterocycles. The maximum atomic E-state index is 12.4. The van der Waals surface area contributed by atoms with E-state index in [2.05, 4.69) is 5.32 Å². The normalized spacial score (nSPS) is 13.2. The van der Waals surface area contributed by atoms with E-state index in [1.54, 1.807) is 12.1 Å². The highest BCUT2D eigenvalue weighted by molar-refractivity contribution is 14.1. The number of hydrogen-bond donors (Lipinski definition) is 3. The first-order valence-corrected chi connectivity index (χ1v) is 10.5. The van der Waals surface area contributed by atoms with Crippen molar-refractivity contribution in [3.05, 3.63) is 56.2 Å². The van der Waals surface area contributed by atoms with Gasteiger partial charge in [0.2, 0.25) is 0 Å². The van der Waals surface area contributed by atoms with E-state index < -0.39 is 17.8 Å². The number of carbonyl (C=O) groups is 4. The van der Waals surface area contributed by atoms with E-state index in [9.17, 15) is 19.2 Å². The summed E-state index contributed by atoms with van der Waals surface area (Å²) >= 11 is 2.00. The van der Waals surface area contributed by atoms with Crippen LogP contribution >= 0.6 is 22.6 Å². The van der Waals surface area contributed by atoms with Crippen LogP contribution in [-0.2, 0) is 14.4 Å². The molecular weight excluding hydrogens is 529 g/mol. The Labute approximate surface area is 197 Å². The van der Waals surface area contributed by atoms with Crippen molar-refractivity contribution in [1.29, 1.82) is 0 Å². The predicted molar refractivity (Wildman–Crippen MR) is 125 cm³/mol. The topological polar surface area (TPSA) is 123 Å². The highest BCUT2D eigenvalue weighted by Crippen LogP contribution is 2.34. The zero-order valence-electron chi connectivity index (χ0n) is 17.5. The van der Waals surface area contributed by atoms with Gasteiger partial charge in [-0.2, -0.15) is 0 Å². The molecule has 1 aliphatic rings. The third-order valence-corrected chi connectivity index (χ3v) is 5.31. The minimum atomic E-state index is -0.868. The summed E-state index contributed by atoms with van der Waals surface area (Å²) in [5.41, 5.74) is 3.01. The molecule has 5 amide bonds. The number of carbonyl (C=O) groups excluding carboxylic acids is 4. The van der Waals surface area contributed by atoms with Crippen LogP contribution in [0.3, 0.4) is 0 Å². The smallest absolute Gasteiger partial charge is 0.328 e. The summed E-state index contributed by atoms with van der Waals surface area (Å²) in [6.07, 6.45) is 1.33. The number of aryl methyl sites for hydroxylation is 2. The number of methoxy groups -OCH3 is 1. The van der Waals surface area contributed by atoms with Crippen molar-refractivity contribution in [3.63, 3.8) is 0 Å². The van der Waals surface area contributed by atoms with Crippen LogP contribution in [0.5, 0.6) is 11.5 Å². The lowest BCUT2D eigenvalue weighted by molar-refractivity contribution is -0.124. The minimum Gasteiger partial charge on any atom is -0.493 e. The van der Waals surface area contributed by atoms with Crippen molar-refractivity contribution in [3.8, 4) is 11.5 Å². The Bertz CT molecular complexity index is 1140. The van der Waals surface area contributed by atoms with Gasteiger partial charge in [-0.1, -0.05) is 17.7 Å². The van der Waals surface area contributed by atoms with Crippen LogP contribution in [0.15, 0.2) is 35.9 Å². The maximum Gasteiger partial charge on any atom is 0.328 e. The lowest BCUT2D eigenvalue weighted by Crippen LogP contribution is -2.51. The summed E-state index contributed by atoms with van der Waals surface area (Å²) in [6.45, 7) is 3.64. The van der Waals surface area contributed by atoms with Crippen molar-refractivity contribution in [1.82, 2.24) is 10.6 Å². The molecule has 3 rings (SSSR count). The van der Waals surface area contributed by atoms with Gasteiger partial charge in [0.15, 0.2) is 18.1 Å². The monoisotopic (exact) mass is 549 g/mol. The number of ether oxygens (including phenoxy) is 2. The van der Waals surface area contributed by atoms with Crippen molar-refractivity contribution in [2.24, 2.45) is 0 Å². The van der Waals surface area contributed by atoms with E-state index >= 15 is 0 Å². The maximum absolute atomic E-state index is 12.4. The fourth-order valence-corrected chi connectivity index (χ4v) is 3.80. The first kappa shape index (κ1) is 23.3. The molecule has 1 aliphatic heterocycles.